The minimum atomic E-state index is -0.0565. The van der Waals surface area contributed by atoms with Gasteiger partial charge < -0.3 is 20.4 Å². The summed E-state index contributed by atoms with van der Waals surface area (Å²) in [7, 11) is 0. The molecule has 0 unspecified atom stereocenters. The molecule has 0 bridgehead atoms. The molecule has 5 nitrogen and oxygen atoms in total. The van der Waals surface area contributed by atoms with E-state index in [1.165, 1.54) is 29.5 Å². The van der Waals surface area contributed by atoms with Crippen LogP contribution in [0.3, 0.4) is 0 Å². The number of aromatic nitrogens is 1. The number of fused-ring (bicyclic) bond motifs is 1. The van der Waals surface area contributed by atoms with Crippen LogP contribution in [0.15, 0.2) is 24.3 Å². The first kappa shape index (κ1) is 16.5. The van der Waals surface area contributed by atoms with Crippen molar-refractivity contribution in [1.82, 2.24) is 15.6 Å². The van der Waals surface area contributed by atoms with Crippen LogP contribution in [0, 0.1) is 12.8 Å². The average molecular weight is 341 g/mol. The third-order valence-corrected chi connectivity index (χ3v) is 5.49. The van der Waals surface area contributed by atoms with Crippen LogP contribution in [0.25, 0.3) is 10.9 Å². The van der Waals surface area contributed by atoms with E-state index >= 15 is 0 Å². The van der Waals surface area contributed by atoms with E-state index in [1.807, 2.05) is 6.07 Å². The first-order valence-corrected chi connectivity index (χ1v) is 9.43. The number of nitrogens with one attached hydrogen (secondary N) is 3. The standard InChI is InChI=1S/C20H27N3O2/c1-13-16(17-4-2-3-5-18(17)22-13)8-10-21-20(24)23-15-9-11-25-19(12-15)14-6-7-14/h2-5,14-15,19,22H,6-12H2,1H3,(H2,21,23,24)/t15-,19+/m1/s1. The fourth-order valence-electron chi connectivity index (χ4n) is 3.95. The van der Waals surface area contributed by atoms with Gasteiger partial charge in [-0.2, -0.15) is 0 Å². The molecule has 25 heavy (non-hydrogen) atoms. The molecule has 2 aliphatic rings. The number of hydrogen-bond acceptors (Lipinski definition) is 2. The molecule has 0 spiro atoms. The highest BCUT2D eigenvalue weighted by Crippen LogP contribution is 2.38. The molecule has 1 aliphatic heterocycles. The molecule has 2 fully saturated rings. The molecule has 1 saturated carbocycles. The average Bonchev–Trinajstić information content (AvgIpc) is 3.40. The second-order valence-electron chi connectivity index (χ2n) is 7.39. The molecular weight excluding hydrogens is 314 g/mol. The highest BCUT2D eigenvalue weighted by Gasteiger charge is 2.36. The van der Waals surface area contributed by atoms with Gasteiger partial charge in [-0.1, -0.05) is 18.2 Å². The van der Waals surface area contributed by atoms with Crippen molar-refractivity contribution in [3.05, 3.63) is 35.5 Å². The zero-order chi connectivity index (χ0) is 17.2. The fraction of sp³-hybridized carbons (Fsp3) is 0.550. The van der Waals surface area contributed by atoms with Crippen LogP contribution >= 0.6 is 0 Å². The van der Waals surface area contributed by atoms with Crippen LogP contribution in [-0.4, -0.2) is 36.3 Å². The fourth-order valence-corrected chi connectivity index (χ4v) is 3.95. The second-order valence-corrected chi connectivity index (χ2v) is 7.39. The molecule has 0 radical (unpaired) electrons. The summed E-state index contributed by atoms with van der Waals surface area (Å²) in [6, 6.07) is 8.51. The molecule has 5 heteroatoms. The molecule has 2 aromatic rings. The van der Waals surface area contributed by atoms with Crippen LogP contribution < -0.4 is 10.6 Å². The van der Waals surface area contributed by atoms with Crippen molar-refractivity contribution in [3.8, 4) is 0 Å². The molecule has 1 aromatic carbocycles. The van der Waals surface area contributed by atoms with E-state index < -0.39 is 0 Å². The quantitative estimate of drug-likeness (QED) is 0.781. The van der Waals surface area contributed by atoms with Crippen molar-refractivity contribution in [2.75, 3.05) is 13.2 Å². The van der Waals surface area contributed by atoms with Crippen molar-refractivity contribution in [2.45, 2.75) is 51.2 Å². The number of H-pyrrole nitrogens is 1. The Morgan fingerprint density at radius 3 is 2.96 bits per heavy atom. The van der Waals surface area contributed by atoms with Crippen LogP contribution in [-0.2, 0) is 11.2 Å². The first-order valence-electron chi connectivity index (χ1n) is 9.43. The van der Waals surface area contributed by atoms with Gasteiger partial charge in [0.1, 0.15) is 0 Å². The monoisotopic (exact) mass is 341 g/mol. The highest BCUT2D eigenvalue weighted by molar-refractivity contribution is 5.84. The first-order chi connectivity index (χ1) is 12.2. The Morgan fingerprint density at radius 1 is 1.28 bits per heavy atom. The number of benzene rings is 1. The molecule has 1 aliphatic carbocycles. The van der Waals surface area contributed by atoms with Crippen molar-refractivity contribution in [2.24, 2.45) is 5.92 Å². The second kappa shape index (κ2) is 7.08. The van der Waals surface area contributed by atoms with Crippen molar-refractivity contribution in [3.63, 3.8) is 0 Å². The Bertz CT molecular complexity index is 750. The van der Waals surface area contributed by atoms with Gasteiger partial charge >= 0.3 is 6.03 Å². The zero-order valence-corrected chi connectivity index (χ0v) is 14.8. The van der Waals surface area contributed by atoms with E-state index in [2.05, 4.69) is 40.7 Å². The predicted octanol–water partition coefficient (Wildman–Crippen LogP) is 3.28. The number of ether oxygens (including phenoxy) is 1. The van der Waals surface area contributed by atoms with E-state index in [9.17, 15) is 4.79 Å². The molecule has 2 amide bonds. The third-order valence-electron chi connectivity index (χ3n) is 5.49. The summed E-state index contributed by atoms with van der Waals surface area (Å²) in [4.78, 5) is 15.6. The molecule has 4 rings (SSSR count). The van der Waals surface area contributed by atoms with E-state index in [0.717, 1.165) is 37.3 Å². The van der Waals surface area contributed by atoms with Gasteiger partial charge in [0.05, 0.1) is 6.10 Å². The van der Waals surface area contributed by atoms with Gasteiger partial charge in [-0.3, -0.25) is 0 Å². The van der Waals surface area contributed by atoms with Gasteiger partial charge in [-0.05, 0) is 56.6 Å². The van der Waals surface area contributed by atoms with Gasteiger partial charge in [0.2, 0.25) is 0 Å². The Morgan fingerprint density at radius 2 is 2.12 bits per heavy atom. The van der Waals surface area contributed by atoms with E-state index in [4.69, 9.17) is 4.74 Å². The van der Waals surface area contributed by atoms with E-state index in [1.54, 1.807) is 0 Å². The maximum Gasteiger partial charge on any atom is 0.315 e. The Balaban J connectivity index is 1.26. The normalized spacial score (nSPS) is 23.6. The summed E-state index contributed by atoms with van der Waals surface area (Å²) in [6.07, 6.45) is 5.63. The molecule has 1 aromatic heterocycles. The topological polar surface area (TPSA) is 66.2 Å². The lowest BCUT2D eigenvalue weighted by Gasteiger charge is -2.30. The van der Waals surface area contributed by atoms with Gasteiger partial charge in [0.25, 0.3) is 0 Å². The lowest BCUT2D eigenvalue weighted by molar-refractivity contribution is -0.00913. The van der Waals surface area contributed by atoms with Crippen LogP contribution in [0.2, 0.25) is 0 Å². The van der Waals surface area contributed by atoms with Gasteiger partial charge in [-0.25, -0.2) is 4.79 Å². The lowest BCUT2D eigenvalue weighted by atomic mass is 10.0. The van der Waals surface area contributed by atoms with E-state index in [-0.39, 0.29) is 12.1 Å². The third kappa shape index (κ3) is 3.82. The lowest BCUT2D eigenvalue weighted by Crippen LogP contribution is -2.47. The smallest absolute Gasteiger partial charge is 0.315 e. The van der Waals surface area contributed by atoms with Crippen molar-refractivity contribution in [1.29, 1.82) is 0 Å². The Labute approximate surface area is 148 Å². The van der Waals surface area contributed by atoms with Crippen molar-refractivity contribution < 1.29 is 9.53 Å². The number of amides is 2. The molecular formula is C20H27N3O2. The van der Waals surface area contributed by atoms with Crippen LogP contribution in [0.5, 0.6) is 0 Å². The maximum atomic E-state index is 12.2. The summed E-state index contributed by atoms with van der Waals surface area (Å²) >= 11 is 0. The van der Waals surface area contributed by atoms with Crippen LogP contribution in [0.4, 0.5) is 4.79 Å². The number of carbonyl (C=O) groups excluding carboxylic acids is 1. The predicted molar refractivity (Wildman–Crippen MR) is 98.8 cm³/mol. The van der Waals surface area contributed by atoms with Gasteiger partial charge in [-0.15, -0.1) is 0 Å². The molecule has 134 valence electrons. The summed E-state index contributed by atoms with van der Waals surface area (Å²) in [5.41, 5.74) is 3.63. The largest absolute Gasteiger partial charge is 0.378 e. The SMILES string of the molecule is Cc1[nH]c2ccccc2c1CCNC(=O)N[C@@H]1CCO[C@H](C2CC2)C1. The molecule has 1 saturated heterocycles. The Kier molecular flexibility index (Phi) is 4.66. The number of aryl methyl sites for hydroxylation is 1. The van der Waals surface area contributed by atoms with Gasteiger partial charge in [0.15, 0.2) is 0 Å². The number of carbonyl (C=O) groups is 1. The van der Waals surface area contributed by atoms with E-state index in [0.29, 0.717) is 12.6 Å². The summed E-state index contributed by atoms with van der Waals surface area (Å²) in [5, 5.41) is 7.39. The highest BCUT2D eigenvalue weighted by atomic mass is 16.5. The van der Waals surface area contributed by atoms with Gasteiger partial charge in [0, 0.05) is 35.8 Å². The number of urea groups is 1. The number of aromatic amines is 1. The minimum absolute atomic E-state index is 0.0565. The number of rotatable bonds is 5. The molecule has 2 atom stereocenters. The summed E-state index contributed by atoms with van der Waals surface area (Å²) in [5.74, 6) is 0.734. The zero-order valence-electron chi connectivity index (χ0n) is 14.8. The maximum absolute atomic E-state index is 12.2. The Hall–Kier alpha value is -2.01. The minimum Gasteiger partial charge on any atom is -0.378 e. The molecule has 3 N–H and O–H groups in total. The summed E-state index contributed by atoms with van der Waals surface area (Å²) in [6.45, 7) is 3.50. The summed E-state index contributed by atoms with van der Waals surface area (Å²) < 4.78 is 5.82. The van der Waals surface area contributed by atoms with Crippen LogP contribution in [0.1, 0.15) is 36.9 Å². The number of hydrogen-bond donors (Lipinski definition) is 3. The van der Waals surface area contributed by atoms with Crippen molar-refractivity contribution >= 4 is 16.9 Å². The number of para-hydroxylation sites is 1. The molecule has 2 heterocycles.